The van der Waals surface area contributed by atoms with Crippen LogP contribution in [0.2, 0.25) is 0 Å². The third kappa shape index (κ3) is 2.51. The van der Waals surface area contributed by atoms with Gasteiger partial charge in [0.1, 0.15) is 5.52 Å². The Labute approximate surface area is 121 Å². The average molecular weight is 281 g/mol. The van der Waals surface area contributed by atoms with Gasteiger partial charge in [-0.3, -0.25) is 4.79 Å². The lowest BCUT2D eigenvalue weighted by Crippen LogP contribution is -2.10. The minimum Gasteiger partial charge on any atom is -0.435 e. The highest BCUT2D eigenvalue weighted by atomic mass is 16.3. The summed E-state index contributed by atoms with van der Waals surface area (Å²) in [5.74, 6) is -0.0381. The van der Waals surface area contributed by atoms with Gasteiger partial charge in [-0.05, 0) is 36.9 Å². The Bertz CT molecular complexity index is 808. The minimum absolute atomic E-state index is 0.345. The minimum atomic E-state index is -0.521. The van der Waals surface area contributed by atoms with Crippen molar-refractivity contribution in [3.05, 3.63) is 53.6 Å². The number of benzene rings is 2. The van der Waals surface area contributed by atoms with Crippen LogP contribution in [-0.4, -0.2) is 17.9 Å². The van der Waals surface area contributed by atoms with Crippen molar-refractivity contribution >= 4 is 17.0 Å². The molecule has 0 bridgehead atoms. The molecule has 3 rings (SSSR count). The molecule has 0 aliphatic carbocycles. The smallest absolute Gasteiger partial charge is 0.252 e. The van der Waals surface area contributed by atoms with E-state index < -0.39 is 5.91 Å². The number of nitrogens with one attached hydrogen (secondary N) is 1. The van der Waals surface area contributed by atoms with Crippen LogP contribution in [0.4, 0.5) is 0 Å². The molecular weight excluding hydrogens is 266 g/mol. The maximum Gasteiger partial charge on any atom is 0.252 e. The first-order valence-electron chi connectivity index (χ1n) is 6.62. The van der Waals surface area contributed by atoms with Gasteiger partial charge in [0.15, 0.2) is 5.58 Å². The van der Waals surface area contributed by atoms with Gasteiger partial charge in [0.25, 0.3) is 5.91 Å². The van der Waals surface area contributed by atoms with Crippen molar-refractivity contribution in [2.24, 2.45) is 5.73 Å². The molecule has 0 fully saturated rings. The van der Waals surface area contributed by atoms with E-state index in [2.05, 4.69) is 10.3 Å². The van der Waals surface area contributed by atoms with E-state index in [1.54, 1.807) is 18.2 Å². The topological polar surface area (TPSA) is 81.1 Å². The maximum atomic E-state index is 11.4. The molecule has 0 saturated heterocycles. The van der Waals surface area contributed by atoms with Crippen molar-refractivity contribution in [3.8, 4) is 11.5 Å². The van der Waals surface area contributed by atoms with Crippen LogP contribution in [0, 0.1) is 0 Å². The molecule has 1 heterocycles. The summed E-state index contributed by atoms with van der Waals surface area (Å²) in [6, 6.07) is 13.1. The van der Waals surface area contributed by atoms with Gasteiger partial charge in [0.2, 0.25) is 5.89 Å². The van der Waals surface area contributed by atoms with E-state index in [-0.39, 0.29) is 0 Å². The third-order valence-electron chi connectivity index (χ3n) is 3.24. The van der Waals surface area contributed by atoms with Crippen LogP contribution in [0.3, 0.4) is 0 Å². The highest BCUT2D eigenvalue weighted by Crippen LogP contribution is 2.27. The quantitative estimate of drug-likeness (QED) is 0.769. The summed E-state index contributed by atoms with van der Waals surface area (Å²) in [7, 11) is 1.89. The Hall–Kier alpha value is -2.66. The van der Waals surface area contributed by atoms with E-state index in [9.17, 15) is 4.79 Å². The lowest BCUT2D eigenvalue weighted by Gasteiger charge is -2.01. The van der Waals surface area contributed by atoms with Gasteiger partial charge < -0.3 is 15.5 Å². The number of nitrogens with zero attached hydrogens (tertiary/aromatic N) is 1. The molecule has 2 aromatic carbocycles. The van der Waals surface area contributed by atoms with E-state index in [4.69, 9.17) is 10.2 Å². The summed E-state index contributed by atoms with van der Waals surface area (Å²) in [4.78, 5) is 15.9. The van der Waals surface area contributed by atoms with Gasteiger partial charge in [0.05, 0.1) is 5.56 Å². The predicted octanol–water partition coefficient (Wildman–Crippen LogP) is 2.31. The number of hydrogen-bond acceptors (Lipinski definition) is 4. The lowest BCUT2D eigenvalue weighted by atomic mass is 10.1. The van der Waals surface area contributed by atoms with E-state index in [0.717, 1.165) is 17.7 Å². The largest absolute Gasteiger partial charge is 0.435 e. The molecule has 5 nitrogen and oxygen atoms in total. The predicted molar refractivity (Wildman–Crippen MR) is 80.7 cm³/mol. The molecule has 0 aliphatic heterocycles. The number of rotatable bonds is 4. The second kappa shape index (κ2) is 5.38. The van der Waals surface area contributed by atoms with Crippen molar-refractivity contribution in [2.75, 3.05) is 7.05 Å². The molecule has 0 saturated carbocycles. The molecule has 5 heteroatoms. The molecule has 0 unspecified atom stereocenters. The van der Waals surface area contributed by atoms with Crippen molar-refractivity contribution in [1.29, 1.82) is 0 Å². The molecule has 1 amide bonds. The molecule has 3 aromatic rings. The Morgan fingerprint density at radius 2 is 2.10 bits per heavy atom. The molecular formula is C16H15N3O2. The summed E-state index contributed by atoms with van der Waals surface area (Å²) >= 11 is 0. The SMILES string of the molecule is CNCc1cccc(-c2nc3cccc(C(N)=O)c3o2)c1. The first kappa shape index (κ1) is 13.3. The Morgan fingerprint density at radius 3 is 2.86 bits per heavy atom. The first-order valence-corrected chi connectivity index (χ1v) is 6.62. The highest BCUT2D eigenvalue weighted by molar-refractivity contribution is 6.03. The number of nitrogens with two attached hydrogens (primary N) is 1. The monoisotopic (exact) mass is 281 g/mol. The summed E-state index contributed by atoms with van der Waals surface area (Å²) in [6.45, 7) is 0.764. The van der Waals surface area contributed by atoms with E-state index in [1.165, 1.54) is 0 Å². The van der Waals surface area contributed by atoms with Crippen molar-refractivity contribution < 1.29 is 9.21 Å². The van der Waals surface area contributed by atoms with Gasteiger partial charge >= 0.3 is 0 Å². The molecule has 0 radical (unpaired) electrons. The van der Waals surface area contributed by atoms with Crippen LogP contribution in [0.1, 0.15) is 15.9 Å². The third-order valence-corrected chi connectivity index (χ3v) is 3.24. The van der Waals surface area contributed by atoms with Gasteiger partial charge in [-0.15, -0.1) is 0 Å². The van der Waals surface area contributed by atoms with Crippen LogP contribution in [0.15, 0.2) is 46.9 Å². The Kier molecular flexibility index (Phi) is 3.41. The maximum absolute atomic E-state index is 11.4. The number of para-hydroxylation sites is 1. The van der Waals surface area contributed by atoms with Crippen molar-refractivity contribution in [2.45, 2.75) is 6.54 Å². The van der Waals surface area contributed by atoms with Crippen LogP contribution in [0.5, 0.6) is 0 Å². The summed E-state index contributed by atoms with van der Waals surface area (Å²) in [6.07, 6.45) is 0. The van der Waals surface area contributed by atoms with Crippen molar-refractivity contribution in [3.63, 3.8) is 0 Å². The second-order valence-electron chi connectivity index (χ2n) is 4.77. The number of oxazole rings is 1. The molecule has 1 aromatic heterocycles. The Balaban J connectivity index is 2.11. The van der Waals surface area contributed by atoms with Crippen LogP contribution >= 0.6 is 0 Å². The lowest BCUT2D eigenvalue weighted by molar-refractivity contribution is 0.100. The molecule has 0 spiro atoms. The van der Waals surface area contributed by atoms with Crippen molar-refractivity contribution in [1.82, 2.24) is 10.3 Å². The van der Waals surface area contributed by atoms with Gasteiger partial charge in [-0.1, -0.05) is 18.2 Å². The normalized spacial score (nSPS) is 10.9. The highest BCUT2D eigenvalue weighted by Gasteiger charge is 2.14. The van der Waals surface area contributed by atoms with E-state index in [0.29, 0.717) is 22.6 Å². The summed E-state index contributed by atoms with van der Waals surface area (Å²) < 4.78 is 5.75. The molecule has 0 atom stereocenters. The Morgan fingerprint density at radius 1 is 1.29 bits per heavy atom. The zero-order valence-electron chi connectivity index (χ0n) is 11.6. The van der Waals surface area contributed by atoms with Crippen LogP contribution in [0.25, 0.3) is 22.6 Å². The van der Waals surface area contributed by atoms with Gasteiger partial charge in [-0.2, -0.15) is 0 Å². The summed E-state index contributed by atoms with van der Waals surface area (Å²) in [5, 5.41) is 3.10. The number of hydrogen-bond donors (Lipinski definition) is 2. The fourth-order valence-electron chi connectivity index (χ4n) is 2.28. The van der Waals surface area contributed by atoms with Gasteiger partial charge in [-0.25, -0.2) is 4.98 Å². The standard InChI is InChI=1S/C16H15N3O2/c1-18-9-10-4-2-5-11(8-10)16-19-13-7-3-6-12(15(17)20)14(13)21-16/h2-8,18H,9H2,1H3,(H2,17,20). The van der Waals surface area contributed by atoms with Crippen LogP contribution in [-0.2, 0) is 6.54 Å². The number of fused-ring (bicyclic) bond motifs is 1. The fourth-order valence-corrected chi connectivity index (χ4v) is 2.28. The van der Waals surface area contributed by atoms with Crippen LogP contribution < -0.4 is 11.1 Å². The molecule has 3 N–H and O–H groups in total. The zero-order valence-corrected chi connectivity index (χ0v) is 11.6. The fraction of sp³-hybridized carbons (Fsp3) is 0.125. The number of aromatic nitrogens is 1. The van der Waals surface area contributed by atoms with E-state index in [1.807, 2.05) is 31.3 Å². The average Bonchev–Trinajstić information content (AvgIpc) is 2.91. The van der Waals surface area contributed by atoms with E-state index >= 15 is 0 Å². The molecule has 106 valence electrons. The number of carbonyl (C=O) groups is 1. The zero-order chi connectivity index (χ0) is 14.8. The molecule has 0 aliphatic rings. The number of primary amides is 1. The number of carbonyl (C=O) groups excluding carboxylic acids is 1. The van der Waals surface area contributed by atoms with Gasteiger partial charge in [0, 0.05) is 12.1 Å². The summed E-state index contributed by atoms with van der Waals surface area (Å²) in [5.41, 5.74) is 8.76. The number of amides is 1. The second-order valence-corrected chi connectivity index (χ2v) is 4.77. The first-order chi connectivity index (χ1) is 10.2. The molecule has 21 heavy (non-hydrogen) atoms.